The van der Waals surface area contributed by atoms with Crippen molar-refractivity contribution in [3.8, 4) is 0 Å². The molecular formula is C18H33IN6O2. The van der Waals surface area contributed by atoms with Gasteiger partial charge in [0.05, 0.1) is 11.9 Å². The van der Waals surface area contributed by atoms with E-state index in [0.29, 0.717) is 25.6 Å². The molecule has 0 aliphatic carbocycles. The highest BCUT2D eigenvalue weighted by Crippen LogP contribution is 2.16. The van der Waals surface area contributed by atoms with Gasteiger partial charge in [0.25, 0.3) is 0 Å². The molecule has 0 aromatic carbocycles. The van der Waals surface area contributed by atoms with Crippen molar-refractivity contribution in [3.63, 3.8) is 0 Å². The summed E-state index contributed by atoms with van der Waals surface area (Å²) in [5, 5.41) is 16.7. The molecule has 2 rings (SSSR count). The van der Waals surface area contributed by atoms with Crippen molar-refractivity contribution in [1.29, 1.82) is 0 Å². The maximum Gasteiger partial charge on any atom is 0.246 e. The predicted molar refractivity (Wildman–Crippen MR) is 119 cm³/mol. The van der Waals surface area contributed by atoms with Gasteiger partial charge in [-0.25, -0.2) is 0 Å². The highest BCUT2D eigenvalue weighted by Gasteiger charge is 2.27. The van der Waals surface area contributed by atoms with E-state index in [0.717, 1.165) is 44.0 Å². The zero-order valence-electron chi connectivity index (χ0n) is 16.6. The lowest BCUT2D eigenvalue weighted by Gasteiger charge is -2.35. The van der Waals surface area contributed by atoms with Crippen molar-refractivity contribution >= 4 is 41.5 Å². The monoisotopic (exact) mass is 492 g/mol. The minimum Gasteiger partial charge on any atom is -0.396 e. The number of aromatic nitrogens is 2. The number of rotatable bonds is 8. The molecule has 9 heteroatoms. The molecule has 0 bridgehead atoms. The average Bonchev–Trinajstić information content (AvgIpc) is 3.04. The van der Waals surface area contributed by atoms with Gasteiger partial charge in [-0.05, 0) is 25.7 Å². The van der Waals surface area contributed by atoms with E-state index in [-0.39, 0.29) is 36.5 Å². The van der Waals surface area contributed by atoms with Crippen LogP contribution in [0.1, 0.15) is 33.1 Å². The van der Waals surface area contributed by atoms with E-state index in [9.17, 15) is 9.90 Å². The molecule has 2 heterocycles. The molecule has 1 aliphatic rings. The number of piperazine rings is 1. The second-order valence-corrected chi connectivity index (χ2v) is 6.70. The standard InChI is InChI=1S/C18H32N6O2.HI/c1-4-6-15(7-10-25)11-20-18(19-5-2)23-8-9-24(17(26)14-23)16-12-21-22(3)13-16;/h12-13,15,25H,4-11,14H2,1-3H3,(H,19,20);1H. The van der Waals surface area contributed by atoms with E-state index in [4.69, 9.17) is 4.99 Å². The highest BCUT2D eigenvalue weighted by molar-refractivity contribution is 14.0. The largest absolute Gasteiger partial charge is 0.396 e. The number of hydrogen-bond donors (Lipinski definition) is 2. The van der Waals surface area contributed by atoms with Crippen LogP contribution in [0.15, 0.2) is 17.4 Å². The number of carbonyl (C=O) groups excluding carboxylic acids is 1. The maximum atomic E-state index is 12.6. The number of aliphatic hydroxyl groups is 1. The van der Waals surface area contributed by atoms with E-state index >= 15 is 0 Å². The molecule has 0 spiro atoms. The minimum absolute atomic E-state index is 0. The second-order valence-electron chi connectivity index (χ2n) is 6.70. The molecule has 27 heavy (non-hydrogen) atoms. The van der Waals surface area contributed by atoms with Gasteiger partial charge >= 0.3 is 0 Å². The van der Waals surface area contributed by atoms with Crippen molar-refractivity contribution in [1.82, 2.24) is 20.0 Å². The van der Waals surface area contributed by atoms with Crippen LogP contribution in [0.2, 0.25) is 0 Å². The van der Waals surface area contributed by atoms with E-state index in [1.807, 2.05) is 25.1 Å². The van der Waals surface area contributed by atoms with Crippen molar-refractivity contribution in [2.75, 3.05) is 44.2 Å². The number of halogens is 1. The van der Waals surface area contributed by atoms with E-state index in [2.05, 4.69) is 17.3 Å². The van der Waals surface area contributed by atoms with Crippen LogP contribution in [0.3, 0.4) is 0 Å². The molecule has 1 amide bonds. The number of anilines is 1. The van der Waals surface area contributed by atoms with Crippen molar-refractivity contribution in [2.45, 2.75) is 33.1 Å². The summed E-state index contributed by atoms with van der Waals surface area (Å²) in [7, 11) is 1.85. The lowest BCUT2D eigenvalue weighted by molar-refractivity contribution is -0.120. The Balaban J connectivity index is 0.00000364. The first-order valence-electron chi connectivity index (χ1n) is 9.52. The summed E-state index contributed by atoms with van der Waals surface area (Å²) in [5.74, 6) is 1.21. The van der Waals surface area contributed by atoms with E-state index in [1.54, 1.807) is 15.8 Å². The molecule has 1 saturated heterocycles. The van der Waals surface area contributed by atoms with Crippen LogP contribution in [0, 0.1) is 5.92 Å². The Kier molecular flexibility index (Phi) is 10.7. The molecule has 1 aromatic heterocycles. The molecule has 1 unspecified atom stereocenters. The summed E-state index contributed by atoms with van der Waals surface area (Å²) in [6.45, 7) is 7.45. The number of aryl methyl sites for hydroxylation is 1. The van der Waals surface area contributed by atoms with Crippen LogP contribution in [0.25, 0.3) is 0 Å². The van der Waals surface area contributed by atoms with Gasteiger partial charge in [-0.1, -0.05) is 13.3 Å². The summed E-state index contributed by atoms with van der Waals surface area (Å²) < 4.78 is 1.70. The third-order valence-corrected chi connectivity index (χ3v) is 4.59. The van der Waals surface area contributed by atoms with Gasteiger partial charge in [-0.2, -0.15) is 5.10 Å². The van der Waals surface area contributed by atoms with Crippen LogP contribution < -0.4 is 10.2 Å². The molecule has 8 nitrogen and oxygen atoms in total. The molecule has 1 atom stereocenters. The quantitative estimate of drug-likeness (QED) is 0.326. The number of nitrogens with zero attached hydrogens (tertiary/aromatic N) is 5. The lowest BCUT2D eigenvalue weighted by atomic mass is 10.0. The average molecular weight is 492 g/mol. The van der Waals surface area contributed by atoms with Gasteiger partial charge in [0.15, 0.2) is 5.96 Å². The second kappa shape index (κ2) is 12.2. The van der Waals surface area contributed by atoms with Crippen LogP contribution in [0.4, 0.5) is 5.69 Å². The first-order chi connectivity index (χ1) is 12.6. The zero-order valence-corrected chi connectivity index (χ0v) is 18.9. The van der Waals surface area contributed by atoms with Crippen molar-refractivity contribution < 1.29 is 9.90 Å². The minimum atomic E-state index is 0. The lowest BCUT2D eigenvalue weighted by Crippen LogP contribution is -2.55. The van der Waals surface area contributed by atoms with Gasteiger partial charge in [0.1, 0.15) is 6.54 Å². The van der Waals surface area contributed by atoms with Crippen molar-refractivity contribution in [2.24, 2.45) is 18.0 Å². The third-order valence-electron chi connectivity index (χ3n) is 4.59. The Labute approximate surface area is 179 Å². The van der Waals surface area contributed by atoms with Gasteiger partial charge in [-0.15, -0.1) is 24.0 Å². The summed E-state index contributed by atoms with van der Waals surface area (Å²) >= 11 is 0. The van der Waals surface area contributed by atoms with Gasteiger partial charge < -0.3 is 20.2 Å². The Morgan fingerprint density at radius 2 is 2.15 bits per heavy atom. The molecule has 1 fully saturated rings. The molecule has 1 aliphatic heterocycles. The first kappa shape index (κ1) is 23.7. The summed E-state index contributed by atoms with van der Waals surface area (Å²) in [4.78, 5) is 21.1. The molecule has 0 radical (unpaired) electrons. The number of hydrogen-bond acceptors (Lipinski definition) is 4. The topological polar surface area (TPSA) is 86.0 Å². The normalized spacial score (nSPS) is 16.3. The molecule has 2 N–H and O–H groups in total. The fourth-order valence-corrected chi connectivity index (χ4v) is 3.23. The summed E-state index contributed by atoms with van der Waals surface area (Å²) in [6.07, 6.45) is 6.48. The van der Waals surface area contributed by atoms with E-state index in [1.165, 1.54) is 0 Å². The van der Waals surface area contributed by atoms with Gasteiger partial charge in [0.2, 0.25) is 5.91 Å². The molecular weight excluding hydrogens is 459 g/mol. The number of guanidine groups is 1. The Bertz CT molecular complexity index is 600. The van der Waals surface area contributed by atoms with Gasteiger partial charge in [0, 0.05) is 46.0 Å². The van der Waals surface area contributed by atoms with Crippen molar-refractivity contribution in [3.05, 3.63) is 12.4 Å². The third kappa shape index (κ3) is 6.95. The van der Waals surface area contributed by atoms with Gasteiger partial charge in [-0.3, -0.25) is 14.5 Å². The van der Waals surface area contributed by atoms with E-state index < -0.39 is 0 Å². The number of aliphatic imine (C=N–C) groups is 1. The summed E-state index contributed by atoms with van der Waals surface area (Å²) in [5.41, 5.74) is 0.838. The summed E-state index contributed by atoms with van der Waals surface area (Å²) in [6, 6.07) is 0. The SMILES string of the molecule is CCCC(CCO)CN=C(NCC)N1CCN(c2cnn(C)c2)C(=O)C1.I. The van der Waals surface area contributed by atoms with Crippen LogP contribution in [0.5, 0.6) is 0 Å². The fraction of sp³-hybridized carbons (Fsp3) is 0.722. The first-order valence-corrected chi connectivity index (χ1v) is 9.52. The molecule has 1 aromatic rings. The molecule has 154 valence electrons. The van der Waals surface area contributed by atoms with Crippen LogP contribution >= 0.6 is 24.0 Å². The Hall–Kier alpha value is -1.36. The fourth-order valence-electron chi connectivity index (χ4n) is 3.23. The number of aliphatic hydroxyl groups excluding tert-OH is 1. The number of amides is 1. The van der Waals surface area contributed by atoms with Crippen LogP contribution in [-0.4, -0.2) is 71.0 Å². The molecule has 0 saturated carbocycles. The Morgan fingerprint density at radius 1 is 1.37 bits per heavy atom. The predicted octanol–water partition coefficient (Wildman–Crippen LogP) is 1.45. The number of carbonyl (C=O) groups is 1. The maximum absolute atomic E-state index is 12.6. The zero-order chi connectivity index (χ0) is 18.9. The number of nitrogens with one attached hydrogen (secondary N) is 1. The highest BCUT2D eigenvalue weighted by atomic mass is 127. The Morgan fingerprint density at radius 3 is 2.70 bits per heavy atom. The van der Waals surface area contributed by atoms with Crippen LogP contribution in [-0.2, 0) is 11.8 Å². The smallest absolute Gasteiger partial charge is 0.246 e.